The van der Waals surface area contributed by atoms with Gasteiger partial charge in [0.25, 0.3) is 0 Å². The monoisotopic (exact) mass is 386 g/mol. The van der Waals surface area contributed by atoms with E-state index < -0.39 is 0 Å². The average molecular weight is 387 g/mol. The van der Waals surface area contributed by atoms with Gasteiger partial charge in [-0.1, -0.05) is 47.5 Å². The van der Waals surface area contributed by atoms with E-state index in [1.165, 1.54) is 11.3 Å². The summed E-state index contributed by atoms with van der Waals surface area (Å²) in [6, 6.07) is 15.1. The van der Waals surface area contributed by atoms with Gasteiger partial charge in [0, 0.05) is 16.5 Å². The van der Waals surface area contributed by atoms with Crippen LogP contribution in [-0.2, 0) is 0 Å². The third-order valence-corrected chi connectivity index (χ3v) is 5.12. The number of hydrogen-bond donors (Lipinski definition) is 0. The van der Waals surface area contributed by atoms with Crippen LogP contribution in [0.2, 0.25) is 10.0 Å². The number of rotatable bonds is 4. The average Bonchev–Trinajstić information content (AvgIpc) is 3.12. The van der Waals surface area contributed by atoms with Crippen LogP contribution in [0.3, 0.4) is 0 Å². The maximum Gasteiger partial charge on any atom is 0.134 e. The quantitative estimate of drug-likeness (QED) is 0.502. The van der Waals surface area contributed by atoms with E-state index in [1.807, 2.05) is 35.7 Å². The van der Waals surface area contributed by atoms with E-state index in [-0.39, 0.29) is 0 Å². The van der Waals surface area contributed by atoms with Crippen LogP contribution in [0, 0.1) is 11.3 Å². The van der Waals surface area contributed by atoms with Gasteiger partial charge >= 0.3 is 0 Å². The molecule has 0 aliphatic heterocycles. The van der Waals surface area contributed by atoms with Gasteiger partial charge in [-0.05, 0) is 24.3 Å². The largest absolute Gasteiger partial charge is 0.496 e. The zero-order valence-corrected chi connectivity index (χ0v) is 15.5. The zero-order valence-electron chi connectivity index (χ0n) is 13.2. The molecule has 0 spiro atoms. The summed E-state index contributed by atoms with van der Waals surface area (Å²) >= 11 is 13.4. The van der Waals surface area contributed by atoms with Crippen molar-refractivity contribution in [2.24, 2.45) is 0 Å². The Balaban J connectivity index is 1.98. The summed E-state index contributed by atoms with van der Waals surface area (Å²) < 4.78 is 5.33. The summed E-state index contributed by atoms with van der Waals surface area (Å²) in [5.74, 6) is 0.705. The lowest BCUT2D eigenvalue weighted by Crippen LogP contribution is -1.87. The SMILES string of the molecule is COc1ccccc1C=C(C#N)c1nc(-c2ccc(Cl)c(Cl)c2)cs1. The van der Waals surface area contributed by atoms with Crippen LogP contribution in [-0.4, -0.2) is 12.1 Å². The highest BCUT2D eigenvalue weighted by molar-refractivity contribution is 7.11. The molecule has 6 heteroatoms. The third kappa shape index (κ3) is 3.85. The highest BCUT2D eigenvalue weighted by atomic mass is 35.5. The summed E-state index contributed by atoms with van der Waals surface area (Å²) in [7, 11) is 1.60. The van der Waals surface area contributed by atoms with Crippen molar-refractivity contribution in [2.45, 2.75) is 0 Å². The van der Waals surface area contributed by atoms with E-state index in [1.54, 1.807) is 25.3 Å². The number of allylic oxidation sites excluding steroid dienone is 1. The highest BCUT2D eigenvalue weighted by Crippen LogP contribution is 2.32. The second-order valence-electron chi connectivity index (χ2n) is 5.08. The molecule has 3 aromatic rings. The molecule has 0 aliphatic rings. The topological polar surface area (TPSA) is 45.9 Å². The molecule has 124 valence electrons. The van der Waals surface area contributed by atoms with E-state index in [0.29, 0.717) is 26.4 Å². The number of para-hydroxylation sites is 1. The number of nitriles is 1. The molecule has 0 bridgehead atoms. The number of hydrogen-bond acceptors (Lipinski definition) is 4. The van der Waals surface area contributed by atoms with Gasteiger partial charge in [-0.3, -0.25) is 0 Å². The summed E-state index contributed by atoms with van der Waals surface area (Å²) in [5.41, 5.74) is 2.90. The van der Waals surface area contributed by atoms with Crippen LogP contribution in [0.4, 0.5) is 0 Å². The Hall–Kier alpha value is -2.32. The van der Waals surface area contributed by atoms with E-state index in [0.717, 1.165) is 16.8 Å². The first-order valence-electron chi connectivity index (χ1n) is 7.28. The van der Waals surface area contributed by atoms with Crippen molar-refractivity contribution >= 4 is 46.2 Å². The van der Waals surface area contributed by atoms with Crippen LogP contribution < -0.4 is 4.74 Å². The van der Waals surface area contributed by atoms with E-state index in [9.17, 15) is 5.26 Å². The number of ether oxygens (including phenoxy) is 1. The molecule has 1 heterocycles. The smallest absolute Gasteiger partial charge is 0.134 e. The first kappa shape index (κ1) is 17.5. The Labute approximate surface area is 159 Å². The maximum absolute atomic E-state index is 9.53. The fraction of sp³-hybridized carbons (Fsp3) is 0.0526. The lowest BCUT2D eigenvalue weighted by atomic mass is 10.1. The molecule has 0 atom stereocenters. The standard InChI is InChI=1S/C19H12Cl2N2OS/c1-24-18-5-3-2-4-13(18)8-14(10-22)19-23-17(11-25-19)12-6-7-15(20)16(21)9-12/h2-9,11H,1H3. The van der Waals surface area contributed by atoms with Crippen molar-refractivity contribution in [2.75, 3.05) is 7.11 Å². The van der Waals surface area contributed by atoms with Gasteiger partial charge in [-0.25, -0.2) is 4.98 Å². The predicted molar refractivity (Wildman–Crippen MR) is 104 cm³/mol. The van der Waals surface area contributed by atoms with Crippen molar-refractivity contribution in [3.05, 3.63) is 68.5 Å². The lowest BCUT2D eigenvalue weighted by Gasteiger charge is -2.04. The minimum absolute atomic E-state index is 0.471. The van der Waals surface area contributed by atoms with Gasteiger partial charge in [0.05, 0.1) is 28.4 Å². The van der Waals surface area contributed by atoms with Crippen molar-refractivity contribution in [1.82, 2.24) is 4.98 Å². The Kier molecular flexibility index (Phi) is 5.40. The number of benzene rings is 2. The molecule has 3 rings (SSSR count). The molecule has 0 fully saturated rings. The molecule has 0 saturated heterocycles. The molecule has 0 aliphatic carbocycles. The molecule has 0 radical (unpaired) electrons. The molecule has 0 unspecified atom stereocenters. The number of thiazole rings is 1. The fourth-order valence-corrected chi connectivity index (χ4v) is 3.36. The number of halogens is 2. The van der Waals surface area contributed by atoms with Gasteiger partial charge in [-0.2, -0.15) is 5.26 Å². The highest BCUT2D eigenvalue weighted by Gasteiger charge is 2.11. The Bertz CT molecular complexity index is 989. The zero-order chi connectivity index (χ0) is 17.8. The van der Waals surface area contributed by atoms with Crippen LogP contribution in [0.1, 0.15) is 10.6 Å². The predicted octanol–water partition coefficient (Wildman–Crippen LogP) is 6.19. The molecule has 25 heavy (non-hydrogen) atoms. The van der Waals surface area contributed by atoms with Crippen LogP contribution in [0.5, 0.6) is 5.75 Å². The van der Waals surface area contributed by atoms with Gasteiger partial charge in [0.2, 0.25) is 0 Å². The summed E-state index contributed by atoms with van der Waals surface area (Å²) in [6.07, 6.45) is 1.77. The number of methoxy groups -OCH3 is 1. The molecular formula is C19H12Cl2N2OS. The maximum atomic E-state index is 9.53. The number of aromatic nitrogens is 1. The molecule has 3 nitrogen and oxygen atoms in total. The fourth-order valence-electron chi connectivity index (χ4n) is 2.27. The minimum atomic E-state index is 0.471. The summed E-state index contributed by atoms with van der Waals surface area (Å²) in [6.45, 7) is 0. The van der Waals surface area contributed by atoms with Gasteiger partial charge in [0.15, 0.2) is 0 Å². The lowest BCUT2D eigenvalue weighted by molar-refractivity contribution is 0.414. The second-order valence-corrected chi connectivity index (χ2v) is 6.75. The van der Waals surface area contributed by atoms with Gasteiger partial charge in [0.1, 0.15) is 16.8 Å². The molecule has 0 amide bonds. The first-order valence-corrected chi connectivity index (χ1v) is 8.92. The van der Waals surface area contributed by atoms with Crippen molar-refractivity contribution in [3.63, 3.8) is 0 Å². The minimum Gasteiger partial charge on any atom is -0.496 e. The summed E-state index contributed by atoms with van der Waals surface area (Å²) in [5, 5.41) is 13.0. The van der Waals surface area contributed by atoms with Crippen LogP contribution in [0.15, 0.2) is 47.8 Å². The van der Waals surface area contributed by atoms with Crippen molar-refractivity contribution in [3.8, 4) is 23.1 Å². The van der Waals surface area contributed by atoms with E-state index in [2.05, 4.69) is 11.1 Å². The van der Waals surface area contributed by atoms with Crippen LogP contribution >= 0.6 is 34.5 Å². The van der Waals surface area contributed by atoms with Crippen molar-refractivity contribution in [1.29, 1.82) is 5.26 Å². The van der Waals surface area contributed by atoms with Crippen molar-refractivity contribution < 1.29 is 4.74 Å². The number of nitrogens with zero attached hydrogens (tertiary/aromatic N) is 2. The molecular weight excluding hydrogens is 375 g/mol. The van der Waals surface area contributed by atoms with Gasteiger partial charge < -0.3 is 4.74 Å². The molecule has 1 aromatic heterocycles. The third-order valence-electron chi connectivity index (χ3n) is 3.51. The normalized spacial score (nSPS) is 11.2. The van der Waals surface area contributed by atoms with E-state index in [4.69, 9.17) is 27.9 Å². The molecule has 0 N–H and O–H groups in total. The second kappa shape index (κ2) is 7.71. The van der Waals surface area contributed by atoms with Gasteiger partial charge in [-0.15, -0.1) is 11.3 Å². The van der Waals surface area contributed by atoms with Crippen LogP contribution in [0.25, 0.3) is 22.9 Å². The summed E-state index contributed by atoms with van der Waals surface area (Å²) in [4.78, 5) is 4.56. The Morgan fingerprint density at radius 3 is 2.72 bits per heavy atom. The molecule has 2 aromatic carbocycles. The first-order chi connectivity index (χ1) is 12.1. The Morgan fingerprint density at radius 2 is 2.00 bits per heavy atom. The Morgan fingerprint density at radius 1 is 1.20 bits per heavy atom. The van der Waals surface area contributed by atoms with E-state index >= 15 is 0 Å². The molecule has 0 saturated carbocycles.